The summed E-state index contributed by atoms with van der Waals surface area (Å²) in [5, 5.41) is 13.9. The van der Waals surface area contributed by atoms with Crippen LogP contribution in [0.15, 0.2) is 36.4 Å². The fourth-order valence-electron chi connectivity index (χ4n) is 2.48. The summed E-state index contributed by atoms with van der Waals surface area (Å²) in [4.78, 5) is 23.0. The van der Waals surface area contributed by atoms with Crippen molar-refractivity contribution >= 4 is 11.6 Å². The molecule has 0 unspecified atom stereocenters. The summed E-state index contributed by atoms with van der Waals surface area (Å²) in [5.74, 6) is 0.854. The first-order chi connectivity index (χ1) is 11.9. The third-order valence-corrected chi connectivity index (χ3v) is 3.92. The predicted octanol–water partition coefficient (Wildman–Crippen LogP) is 3.41. The molecule has 7 nitrogen and oxygen atoms in total. The van der Waals surface area contributed by atoms with Crippen LogP contribution in [0.3, 0.4) is 0 Å². The number of methoxy groups -OCH3 is 2. The third-order valence-electron chi connectivity index (χ3n) is 3.92. The van der Waals surface area contributed by atoms with E-state index in [2.05, 4.69) is 5.32 Å². The predicted molar refractivity (Wildman–Crippen MR) is 93.3 cm³/mol. The first-order valence-electron chi connectivity index (χ1n) is 7.65. The number of benzene rings is 2. The maximum Gasteiger partial charge on any atom is 0.273 e. The smallest absolute Gasteiger partial charge is 0.273 e. The summed E-state index contributed by atoms with van der Waals surface area (Å²) >= 11 is 0. The molecule has 2 aromatic rings. The van der Waals surface area contributed by atoms with Crippen LogP contribution in [0.4, 0.5) is 5.69 Å². The normalized spacial score (nSPS) is 11.5. The average molecular weight is 344 g/mol. The highest BCUT2D eigenvalue weighted by Gasteiger charge is 2.19. The van der Waals surface area contributed by atoms with Gasteiger partial charge < -0.3 is 14.8 Å². The molecule has 1 amide bonds. The molecule has 25 heavy (non-hydrogen) atoms. The number of nitrogens with zero attached hydrogens (tertiary/aromatic N) is 1. The molecule has 0 heterocycles. The molecule has 2 rings (SSSR count). The van der Waals surface area contributed by atoms with Crippen molar-refractivity contribution in [3.63, 3.8) is 0 Å². The number of hydrogen-bond donors (Lipinski definition) is 1. The molecule has 0 spiro atoms. The van der Waals surface area contributed by atoms with E-state index in [9.17, 15) is 14.9 Å². The van der Waals surface area contributed by atoms with Gasteiger partial charge in [-0.25, -0.2) is 0 Å². The van der Waals surface area contributed by atoms with Crippen molar-refractivity contribution < 1.29 is 19.2 Å². The molecular formula is C18H20N2O5. The van der Waals surface area contributed by atoms with Crippen LogP contribution in [0.2, 0.25) is 0 Å². The number of nitrogens with one attached hydrogen (secondary N) is 1. The second-order valence-corrected chi connectivity index (χ2v) is 5.56. The topological polar surface area (TPSA) is 90.7 Å². The van der Waals surface area contributed by atoms with Crippen LogP contribution < -0.4 is 14.8 Å². The molecule has 1 N–H and O–H groups in total. The van der Waals surface area contributed by atoms with Crippen LogP contribution in [0, 0.1) is 17.0 Å². The first-order valence-corrected chi connectivity index (χ1v) is 7.65. The van der Waals surface area contributed by atoms with Gasteiger partial charge in [-0.3, -0.25) is 14.9 Å². The number of rotatable bonds is 6. The molecular weight excluding hydrogens is 324 g/mol. The van der Waals surface area contributed by atoms with Gasteiger partial charge in [-0.1, -0.05) is 6.07 Å². The number of aryl methyl sites for hydroxylation is 1. The lowest BCUT2D eigenvalue weighted by atomic mass is 10.1. The third kappa shape index (κ3) is 4.06. The Labute approximate surface area is 145 Å². The largest absolute Gasteiger partial charge is 0.497 e. The van der Waals surface area contributed by atoms with Crippen LogP contribution in [0.1, 0.15) is 34.5 Å². The highest BCUT2D eigenvalue weighted by atomic mass is 16.6. The number of carbonyl (C=O) groups is 1. The minimum atomic E-state index is -0.499. The minimum absolute atomic E-state index is 0.0840. The van der Waals surface area contributed by atoms with E-state index in [4.69, 9.17) is 9.47 Å². The van der Waals surface area contributed by atoms with Crippen LogP contribution in [-0.2, 0) is 0 Å². The molecule has 0 aliphatic carbocycles. The van der Waals surface area contributed by atoms with E-state index in [0.29, 0.717) is 17.1 Å². The van der Waals surface area contributed by atoms with Gasteiger partial charge in [0, 0.05) is 22.8 Å². The van der Waals surface area contributed by atoms with Gasteiger partial charge in [0.2, 0.25) is 0 Å². The van der Waals surface area contributed by atoms with E-state index < -0.39 is 10.8 Å². The maximum atomic E-state index is 12.5. The average Bonchev–Trinajstić information content (AvgIpc) is 2.60. The Morgan fingerprint density at radius 3 is 2.48 bits per heavy atom. The van der Waals surface area contributed by atoms with Gasteiger partial charge in [-0.2, -0.15) is 0 Å². The van der Waals surface area contributed by atoms with Crippen LogP contribution >= 0.6 is 0 Å². The van der Waals surface area contributed by atoms with E-state index >= 15 is 0 Å². The van der Waals surface area contributed by atoms with Crippen molar-refractivity contribution in [2.45, 2.75) is 19.9 Å². The molecule has 0 saturated heterocycles. The van der Waals surface area contributed by atoms with E-state index in [0.717, 1.165) is 5.56 Å². The molecule has 1 atom stereocenters. The molecule has 0 saturated carbocycles. The van der Waals surface area contributed by atoms with E-state index in [-0.39, 0.29) is 17.3 Å². The molecule has 0 aliphatic heterocycles. The summed E-state index contributed by atoms with van der Waals surface area (Å²) in [5.41, 5.74) is 1.39. The van der Waals surface area contributed by atoms with Crippen molar-refractivity contribution in [2.75, 3.05) is 14.2 Å². The second kappa shape index (κ2) is 7.65. The summed E-state index contributed by atoms with van der Waals surface area (Å²) in [6.07, 6.45) is 0. The number of hydrogen-bond acceptors (Lipinski definition) is 5. The summed E-state index contributed by atoms with van der Waals surface area (Å²) in [6, 6.07) is 9.32. The van der Waals surface area contributed by atoms with Gasteiger partial charge in [-0.05, 0) is 38.1 Å². The molecule has 0 bridgehead atoms. The molecule has 0 radical (unpaired) electrons. The zero-order chi connectivity index (χ0) is 18.6. The fraction of sp³-hybridized carbons (Fsp3) is 0.278. The number of carbonyl (C=O) groups excluding carboxylic acids is 1. The Hall–Kier alpha value is -3.09. The monoisotopic (exact) mass is 344 g/mol. The SMILES string of the molecule is COc1ccc(OC)c([C@@H](C)NC(=O)c2ccc(C)c([N+](=O)[O-])c2)c1. The van der Waals surface area contributed by atoms with Gasteiger partial charge in [0.25, 0.3) is 11.6 Å². The Balaban J connectivity index is 2.26. The van der Waals surface area contributed by atoms with Gasteiger partial charge in [0.1, 0.15) is 11.5 Å². The van der Waals surface area contributed by atoms with Crippen molar-refractivity contribution in [2.24, 2.45) is 0 Å². The van der Waals surface area contributed by atoms with E-state index in [1.54, 1.807) is 58.4 Å². The summed E-state index contributed by atoms with van der Waals surface area (Å²) in [7, 11) is 3.10. The van der Waals surface area contributed by atoms with Crippen molar-refractivity contribution in [3.05, 3.63) is 63.2 Å². The lowest BCUT2D eigenvalue weighted by Gasteiger charge is -2.18. The lowest BCUT2D eigenvalue weighted by Crippen LogP contribution is -2.27. The maximum absolute atomic E-state index is 12.5. The van der Waals surface area contributed by atoms with Gasteiger partial charge in [0.15, 0.2) is 0 Å². The number of nitro groups is 1. The molecule has 0 aliphatic rings. The zero-order valence-corrected chi connectivity index (χ0v) is 14.5. The molecule has 0 aromatic heterocycles. The lowest BCUT2D eigenvalue weighted by molar-refractivity contribution is -0.385. The Morgan fingerprint density at radius 1 is 1.16 bits per heavy atom. The first kappa shape index (κ1) is 18.3. The van der Waals surface area contributed by atoms with Crippen molar-refractivity contribution in [1.82, 2.24) is 5.32 Å². The molecule has 7 heteroatoms. The molecule has 2 aromatic carbocycles. The standard InChI is InChI=1S/C18H20N2O5/c1-11-5-6-13(9-16(11)20(22)23)18(21)19-12(2)15-10-14(24-3)7-8-17(15)25-4/h5-10,12H,1-4H3,(H,19,21)/t12-/m1/s1. The summed E-state index contributed by atoms with van der Waals surface area (Å²) in [6.45, 7) is 3.43. The number of nitro benzene ring substituents is 1. The Kier molecular flexibility index (Phi) is 5.59. The quantitative estimate of drug-likeness (QED) is 0.640. The molecule has 0 fully saturated rings. The van der Waals surface area contributed by atoms with Gasteiger partial charge in [-0.15, -0.1) is 0 Å². The van der Waals surface area contributed by atoms with Gasteiger partial charge >= 0.3 is 0 Å². The summed E-state index contributed by atoms with van der Waals surface area (Å²) < 4.78 is 10.5. The van der Waals surface area contributed by atoms with Gasteiger partial charge in [0.05, 0.1) is 25.2 Å². The van der Waals surface area contributed by atoms with Crippen molar-refractivity contribution in [1.29, 1.82) is 0 Å². The molecule has 132 valence electrons. The van der Waals surface area contributed by atoms with Crippen LogP contribution in [-0.4, -0.2) is 25.1 Å². The number of amides is 1. The van der Waals surface area contributed by atoms with E-state index in [1.807, 2.05) is 0 Å². The Bertz CT molecular complexity index is 804. The second-order valence-electron chi connectivity index (χ2n) is 5.56. The van der Waals surface area contributed by atoms with E-state index in [1.165, 1.54) is 6.07 Å². The van der Waals surface area contributed by atoms with Crippen LogP contribution in [0.5, 0.6) is 11.5 Å². The fourth-order valence-corrected chi connectivity index (χ4v) is 2.48. The number of ether oxygens (including phenoxy) is 2. The zero-order valence-electron chi connectivity index (χ0n) is 14.5. The minimum Gasteiger partial charge on any atom is -0.497 e. The van der Waals surface area contributed by atoms with Crippen molar-refractivity contribution in [3.8, 4) is 11.5 Å². The Morgan fingerprint density at radius 2 is 1.88 bits per heavy atom. The highest BCUT2D eigenvalue weighted by molar-refractivity contribution is 5.95. The van der Waals surface area contributed by atoms with Crippen LogP contribution in [0.25, 0.3) is 0 Å². The highest BCUT2D eigenvalue weighted by Crippen LogP contribution is 2.29.